The normalized spacial score (nSPS) is 26.1. The van der Waals surface area contributed by atoms with Gasteiger partial charge < -0.3 is 0 Å². The Bertz CT molecular complexity index is 266. The molecule has 15 heavy (non-hydrogen) atoms. The maximum absolute atomic E-state index is 11.8. The van der Waals surface area contributed by atoms with E-state index in [2.05, 4.69) is 34.9 Å². The van der Waals surface area contributed by atoms with Crippen molar-refractivity contribution in [3.63, 3.8) is 0 Å². The Labute approximate surface area is 106 Å². The van der Waals surface area contributed by atoms with Gasteiger partial charge in [-0.05, 0) is 38.2 Å². The average Bonchev–Trinajstić information content (AvgIpc) is 2.23. The molecule has 1 atom stereocenters. The molecule has 0 saturated heterocycles. The van der Waals surface area contributed by atoms with Gasteiger partial charge in [-0.3, -0.25) is 4.79 Å². The zero-order valence-corrected chi connectivity index (χ0v) is 11.4. The third-order valence-electron chi connectivity index (χ3n) is 3.04. The fourth-order valence-corrected chi connectivity index (χ4v) is 3.10. The van der Waals surface area contributed by atoms with Gasteiger partial charge in [-0.25, -0.2) is 0 Å². The molecule has 0 bridgehead atoms. The summed E-state index contributed by atoms with van der Waals surface area (Å²) in [6.45, 7) is 3.54. The quantitative estimate of drug-likeness (QED) is 0.321. The zero-order chi connectivity index (χ0) is 11.1. The first-order valence-corrected chi connectivity index (χ1v) is 6.83. The number of Topliss-reactive ketones (excluding diaryl/α,β-unsaturated/α-hetero) is 1. The number of unbranched alkanes of at least 4 members (excludes halogenated alkanes) is 2. The molecule has 0 N–H and O–H groups in total. The van der Waals surface area contributed by atoms with Crippen molar-refractivity contribution < 1.29 is 4.79 Å². The first-order valence-electron chi connectivity index (χ1n) is 5.75. The van der Waals surface area contributed by atoms with Crippen LogP contribution in [-0.4, -0.2) is 9.20 Å². The first kappa shape index (κ1) is 13.0. The number of allylic oxidation sites excluding steroid dienone is 1. The van der Waals surface area contributed by atoms with Crippen molar-refractivity contribution in [3.05, 3.63) is 18.4 Å². The number of hydrogen-bond acceptors (Lipinski definition) is 1. The number of carbonyl (C=O) groups is 1. The van der Waals surface area contributed by atoms with E-state index in [-0.39, 0.29) is 3.42 Å². The summed E-state index contributed by atoms with van der Waals surface area (Å²) in [7, 11) is 0. The fourth-order valence-electron chi connectivity index (χ4n) is 2.07. The van der Waals surface area contributed by atoms with Crippen LogP contribution >= 0.6 is 22.6 Å². The van der Waals surface area contributed by atoms with Crippen molar-refractivity contribution in [2.24, 2.45) is 0 Å². The Balaban J connectivity index is 2.28. The van der Waals surface area contributed by atoms with Crippen molar-refractivity contribution in [1.82, 2.24) is 0 Å². The van der Waals surface area contributed by atoms with Gasteiger partial charge in [-0.1, -0.05) is 42.0 Å². The minimum Gasteiger partial charge on any atom is -0.298 e. The summed E-state index contributed by atoms with van der Waals surface area (Å²) in [5.41, 5.74) is 2.78. The number of ketones is 1. The van der Waals surface area contributed by atoms with Crippen molar-refractivity contribution >= 4 is 28.4 Å². The average molecular weight is 318 g/mol. The summed E-state index contributed by atoms with van der Waals surface area (Å²) in [6.07, 6.45) is 10.6. The molecule has 1 aliphatic carbocycles. The van der Waals surface area contributed by atoms with Crippen LogP contribution in [0.2, 0.25) is 0 Å². The molecule has 0 spiro atoms. The molecule has 84 valence electrons. The van der Waals surface area contributed by atoms with Gasteiger partial charge in [0, 0.05) is 6.42 Å². The maximum atomic E-state index is 11.8. The molecule has 1 aliphatic rings. The van der Waals surface area contributed by atoms with E-state index < -0.39 is 0 Å². The Morgan fingerprint density at radius 3 is 2.93 bits per heavy atom. The van der Waals surface area contributed by atoms with Crippen LogP contribution in [0.3, 0.4) is 0 Å². The molecule has 1 rings (SSSR count). The second kappa shape index (κ2) is 6.49. The van der Waals surface area contributed by atoms with E-state index in [1.54, 1.807) is 0 Å². The van der Waals surface area contributed by atoms with E-state index in [0.29, 0.717) is 5.78 Å². The van der Waals surface area contributed by atoms with Crippen LogP contribution in [-0.2, 0) is 4.79 Å². The van der Waals surface area contributed by atoms with Crippen LogP contribution in [0.15, 0.2) is 18.4 Å². The topological polar surface area (TPSA) is 17.1 Å². The number of hydrogen-bond donors (Lipinski definition) is 0. The Morgan fingerprint density at radius 2 is 2.27 bits per heavy atom. The van der Waals surface area contributed by atoms with Gasteiger partial charge in [0.15, 0.2) is 0 Å². The van der Waals surface area contributed by atoms with Crippen molar-refractivity contribution in [1.29, 1.82) is 0 Å². The van der Waals surface area contributed by atoms with Gasteiger partial charge in [0.05, 0.1) is 3.42 Å². The van der Waals surface area contributed by atoms with Crippen LogP contribution < -0.4 is 0 Å². The highest BCUT2D eigenvalue weighted by Gasteiger charge is 2.35. The highest BCUT2D eigenvalue weighted by molar-refractivity contribution is 14.1. The Hall–Kier alpha value is -0.0800. The predicted molar refractivity (Wildman–Crippen MR) is 72.4 cm³/mol. The van der Waals surface area contributed by atoms with Gasteiger partial charge in [0.2, 0.25) is 0 Å². The van der Waals surface area contributed by atoms with Gasteiger partial charge in [-0.2, -0.15) is 0 Å². The van der Waals surface area contributed by atoms with Gasteiger partial charge >= 0.3 is 0 Å². The number of alkyl halides is 1. The molecule has 1 fully saturated rings. The van der Waals surface area contributed by atoms with E-state index >= 15 is 0 Å². The molecule has 0 aromatic rings. The lowest BCUT2D eigenvalue weighted by Crippen LogP contribution is -2.34. The van der Waals surface area contributed by atoms with Gasteiger partial charge in [0.25, 0.3) is 0 Å². The molecule has 0 aliphatic heterocycles. The van der Waals surface area contributed by atoms with Gasteiger partial charge in [0.1, 0.15) is 5.78 Å². The van der Waals surface area contributed by atoms with E-state index in [4.69, 9.17) is 0 Å². The maximum Gasteiger partial charge on any atom is 0.148 e. The number of halogens is 1. The SMILES string of the molecule is C=C=CCCCCC1(I)CCCCC1=O. The largest absolute Gasteiger partial charge is 0.298 e. The third kappa shape index (κ3) is 4.12. The first-order chi connectivity index (χ1) is 7.19. The summed E-state index contributed by atoms with van der Waals surface area (Å²) in [6, 6.07) is 0. The van der Waals surface area contributed by atoms with Crippen LogP contribution in [0.4, 0.5) is 0 Å². The third-order valence-corrected chi connectivity index (χ3v) is 4.72. The lowest BCUT2D eigenvalue weighted by atomic mass is 9.84. The van der Waals surface area contributed by atoms with Crippen LogP contribution in [0.5, 0.6) is 0 Å². The summed E-state index contributed by atoms with van der Waals surface area (Å²) in [5.74, 6) is 0.480. The molecule has 0 aromatic heterocycles. The summed E-state index contributed by atoms with van der Waals surface area (Å²) in [4.78, 5) is 11.8. The van der Waals surface area contributed by atoms with Crippen molar-refractivity contribution in [2.75, 3.05) is 0 Å². The highest BCUT2D eigenvalue weighted by Crippen LogP contribution is 2.37. The lowest BCUT2D eigenvalue weighted by molar-refractivity contribution is -0.122. The van der Waals surface area contributed by atoms with Gasteiger partial charge in [-0.15, -0.1) is 5.73 Å². The Kier molecular flexibility index (Phi) is 5.62. The van der Waals surface area contributed by atoms with E-state index in [0.717, 1.165) is 44.9 Å². The monoisotopic (exact) mass is 318 g/mol. The summed E-state index contributed by atoms with van der Waals surface area (Å²) >= 11 is 2.39. The lowest BCUT2D eigenvalue weighted by Gasteiger charge is -2.30. The number of rotatable bonds is 5. The molecule has 0 heterocycles. The molecule has 0 amide bonds. The molecular formula is C13H19IO. The standard InChI is InChI=1S/C13H19IO/c1-2-3-4-5-7-10-13(14)11-8-6-9-12(13)15/h3H,1,4-11H2. The molecule has 2 heteroatoms. The van der Waals surface area contributed by atoms with E-state index in [1.165, 1.54) is 6.42 Å². The molecule has 1 nitrogen and oxygen atoms in total. The fraction of sp³-hybridized carbons (Fsp3) is 0.692. The highest BCUT2D eigenvalue weighted by atomic mass is 127. The molecule has 0 radical (unpaired) electrons. The zero-order valence-electron chi connectivity index (χ0n) is 9.23. The Morgan fingerprint density at radius 1 is 1.47 bits per heavy atom. The van der Waals surface area contributed by atoms with E-state index in [1.807, 2.05) is 6.08 Å². The molecular weight excluding hydrogens is 299 g/mol. The second-order valence-corrected chi connectivity index (χ2v) is 6.31. The van der Waals surface area contributed by atoms with E-state index in [9.17, 15) is 4.79 Å². The summed E-state index contributed by atoms with van der Waals surface area (Å²) < 4.78 is -0.0338. The minimum atomic E-state index is -0.0338. The van der Waals surface area contributed by atoms with Crippen LogP contribution in [0, 0.1) is 0 Å². The second-order valence-electron chi connectivity index (χ2n) is 4.25. The molecule has 1 unspecified atom stereocenters. The molecule has 1 saturated carbocycles. The number of carbonyl (C=O) groups excluding carboxylic acids is 1. The smallest absolute Gasteiger partial charge is 0.148 e. The predicted octanol–water partition coefficient (Wildman–Crippen LogP) is 4.20. The minimum absolute atomic E-state index is 0.0338. The van der Waals surface area contributed by atoms with Crippen LogP contribution in [0.25, 0.3) is 0 Å². The van der Waals surface area contributed by atoms with Crippen molar-refractivity contribution in [3.8, 4) is 0 Å². The van der Waals surface area contributed by atoms with Crippen molar-refractivity contribution in [2.45, 2.75) is 54.8 Å². The molecule has 0 aromatic carbocycles. The summed E-state index contributed by atoms with van der Waals surface area (Å²) in [5, 5.41) is 0. The van der Waals surface area contributed by atoms with Crippen LogP contribution in [0.1, 0.15) is 51.4 Å².